The molecule has 0 spiro atoms. The Hall–Kier alpha value is -1.10. The molecule has 0 aliphatic carbocycles. The van der Waals surface area contributed by atoms with E-state index in [1.54, 1.807) is 4.90 Å². The first-order valence-electron chi connectivity index (χ1n) is 7.05. The Morgan fingerprint density at radius 1 is 1.47 bits per heavy atom. The number of amides is 1. The Balaban J connectivity index is 2.78. The summed E-state index contributed by atoms with van der Waals surface area (Å²) in [6.07, 6.45) is 2.07. The molecule has 110 valence electrons. The number of nitrogens with one attached hydrogen (secondary N) is 1. The van der Waals surface area contributed by atoms with E-state index in [2.05, 4.69) is 5.32 Å². The smallest absolute Gasteiger partial charge is 0.326 e. The topological polar surface area (TPSA) is 69.6 Å². The van der Waals surface area contributed by atoms with Gasteiger partial charge in [-0.2, -0.15) is 0 Å². The summed E-state index contributed by atoms with van der Waals surface area (Å²) in [6, 6.07) is -0.625. The fourth-order valence-electron chi connectivity index (χ4n) is 2.93. The summed E-state index contributed by atoms with van der Waals surface area (Å²) in [5, 5.41) is 12.6. The molecular formula is C14H26N2O3. The molecule has 5 heteroatoms. The van der Waals surface area contributed by atoms with Crippen LogP contribution < -0.4 is 5.32 Å². The number of rotatable bonds is 5. The molecule has 0 radical (unpaired) electrons. The summed E-state index contributed by atoms with van der Waals surface area (Å²) in [5.74, 6) is -0.956. The van der Waals surface area contributed by atoms with Crippen molar-refractivity contribution >= 4 is 11.9 Å². The van der Waals surface area contributed by atoms with Crippen molar-refractivity contribution in [2.24, 2.45) is 5.41 Å². The van der Waals surface area contributed by atoms with Crippen LogP contribution in [-0.2, 0) is 9.59 Å². The van der Waals surface area contributed by atoms with Gasteiger partial charge in [0.05, 0.1) is 0 Å². The van der Waals surface area contributed by atoms with Gasteiger partial charge in [-0.25, -0.2) is 4.79 Å². The number of hydrogen-bond donors (Lipinski definition) is 2. The van der Waals surface area contributed by atoms with Crippen molar-refractivity contribution in [3.8, 4) is 0 Å². The maximum absolute atomic E-state index is 12.3. The van der Waals surface area contributed by atoms with Crippen molar-refractivity contribution < 1.29 is 14.7 Å². The predicted octanol–water partition coefficient (Wildman–Crippen LogP) is 1.48. The van der Waals surface area contributed by atoms with Gasteiger partial charge in [0.1, 0.15) is 6.04 Å². The number of hydrogen-bond acceptors (Lipinski definition) is 3. The minimum Gasteiger partial charge on any atom is -0.480 e. The zero-order valence-electron chi connectivity index (χ0n) is 12.4. The van der Waals surface area contributed by atoms with Crippen LogP contribution in [0.1, 0.15) is 47.0 Å². The van der Waals surface area contributed by atoms with Crippen LogP contribution in [0.2, 0.25) is 0 Å². The Labute approximate surface area is 115 Å². The maximum atomic E-state index is 12.3. The lowest BCUT2D eigenvalue weighted by Crippen LogP contribution is -2.57. The van der Waals surface area contributed by atoms with Crippen molar-refractivity contribution in [2.75, 3.05) is 13.1 Å². The molecule has 0 aromatic heterocycles. The SMILES string of the molecule is CCNC(C)CC(=O)N1CCCC(C)(C)C1C(=O)O. The molecule has 2 N–H and O–H groups in total. The first-order valence-corrected chi connectivity index (χ1v) is 7.05. The van der Waals surface area contributed by atoms with E-state index in [1.165, 1.54) is 0 Å². The lowest BCUT2D eigenvalue weighted by Gasteiger charge is -2.44. The molecule has 1 aliphatic rings. The molecule has 1 rings (SSSR count). The second kappa shape index (κ2) is 6.37. The zero-order valence-corrected chi connectivity index (χ0v) is 12.4. The van der Waals surface area contributed by atoms with Crippen LogP contribution in [0.25, 0.3) is 0 Å². The number of nitrogens with zero attached hydrogens (tertiary/aromatic N) is 1. The van der Waals surface area contributed by atoms with Crippen LogP contribution in [-0.4, -0.2) is 47.1 Å². The average Bonchev–Trinajstić information content (AvgIpc) is 2.26. The van der Waals surface area contributed by atoms with Gasteiger partial charge in [0.15, 0.2) is 0 Å². The van der Waals surface area contributed by atoms with E-state index >= 15 is 0 Å². The van der Waals surface area contributed by atoms with Crippen molar-refractivity contribution in [1.29, 1.82) is 0 Å². The summed E-state index contributed by atoms with van der Waals surface area (Å²) in [5.41, 5.74) is -0.360. The van der Waals surface area contributed by atoms with Crippen LogP contribution in [0, 0.1) is 5.41 Å². The second-order valence-corrected chi connectivity index (χ2v) is 6.08. The molecule has 0 saturated carbocycles. The highest BCUT2D eigenvalue weighted by molar-refractivity contribution is 5.84. The summed E-state index contributed by atoms with van der Waals surface area (Å²) in [7, 11) is 0. The standard InChI is InChI=1S/C14H26N2O3/c1-5-15-10(2)9-11(17)16-8-6-7-14(3,4)12(16)13(18)19/h10,12,15H,5-9H2,1-4H3,(H,18,19). The van der Waals surface area contributed by atoms with E-state index in [-0.39, 0.29) is 17.4 Å². The van der Waals surface area contributed by atoms with Crippen molar-refractivity contribution in [3.63, 3.8) is 0 Å². The number of carbonyl (C=O) groups excluding carboxylic acids is 1. The zero-order chi connectivity index (χ0) is 14.6. The van der Waals surface area contributed by atoms with E-state index in [1.807, 2.05) is 27.7 Å². The lowest BCUT2D eigenvalue weighted by molar-refractivity contribution is -0.159. The largest absolute Gasteiger partial charge is 0.480 e. The van der Waals surface area contributed by atoms with E-state index in [0.29, 0.717) is 13.0 Å². The molecule has 1 aliphatic heterocycles. The molecular weight excluding hydrogens is 244 g/mol. The average molecular weight is 270 g/mol. The summed E-state index contributed by atoms with van der Waals surface area (Å²) >= 11 is 0. The third-order valence-corrected chi connectivity index (χ3v) is 3.86. The highest BCUT2D eigenvalue weighted by Gasteiger charge is 2.44. The number of likely N-dealkylation sites (tertiary alicyclic amines) is 1. The molecule has 1 saturated heterocycles. The Morgan fingerprint density at radius 3 is 2.63 bits per heavy atom. The van der Waals surface area contributed by atoms with Gasteiger partial charge in [-0.05, 0) is 31.7 Å². The van der Waals surface area contributed by atoms with Gasteiger partial charge in [-0.3, -0.25) is 4.79 Å². The van der Waals surface area contributed by atoms with E-state index in [4.69, 9.17) is 0 Å². The maximum Gasteiger partial charge on any atom is 0.326 e. The van der Waals surface area contributed by atoms with Gasteiger partial charge in [0, 0.05) is 19.0 Å². The number of aliphatic carboxylic acids is 1. The molecule has 1 amide bonds. The fourth-order valence-corrected chi connectivity index (χ4v) is 2.93. The number of carboxylic acids is 1. The van der Waals surface area contributed by atoms with Gasteiger partial charge in [-0.15, -0.1) is 0 Å². The quantitative estimate of drug-likeness (QED) is 0.794. The fraction of sp³-hybridized carbons (Fsp3) is 0.857. The van der Waals surface area contributed by atoms with Gasteiger partial charge >= 0.3 is 5.97 Å². The highest BCUT2D eigenvalue weighted by atomic mass is 16.4. The Bertz CT molecular complexity index is 342. The molecule has 0 aromatic carbocycles. The monoisotopic (exact) mass is 270 g/mol. The number of carboxylic acid groups (broad SMARTS) is 1. The van der Waals surface area contributed by atoms with Crippen LogP contribution in [0.4, 0.5) is 0 Å². The molecule has 19 heavy (non-hydrogen) atoms. The Morgan fingerprint density at radius 2 is 2.11 bits per heavy atom. The first-order chi connectivity index (χ1) is 8.79. The lowest BCUT2D eigenvalue weighted by atomic mass is 9.76. The van der Waals surface area contributed by atoms with E-state index < -0.39 is 12.0 Å². The normalized spacial score (nSPS) is 24.0. The van der Waals surface area contributed by atoms with Crippen LogP contribution in [0.5, 0.6) is 0 Å². The molecule has 0 aromatic rings. The molecule has 1 heterocycles. The number of piperidine rings is 1. The van der Waals surface area contributed by atoms with E-state index in [9.17, 15) is 14.7 Å². The number of carbonyl (C=O) groups is 2. The predicted molar refractivity (Wildman–Crippen MR) is 73.9 cm³/mol. The summed E-state index contributed by atoms with van der Waals surface area (Å²) in [4.78, 5) is 25.4. The minimum atomic E-state index is -0.894. The van der Waals surface area contributed by atoms with Crippen molar-refractivity contribution in [2.45, 2.75) is 59.0 Å². The van der Waals surface area contributed by atoms with Crippen molar-refractivity contribution in [1.82, 2.24) is 10.2 Å². The molecule has 0 bridgehead atoms. The molecule has 5 nitrogen and oxygen atoms in total. The van der Waals surface area contributed by atoms with Crippen LogP contribution in [0.3, 0.4) is 0 Å². The second-order valence-electron chi connectivity index (χ2n) is 6.08. The highest BCUT2D eigenvalue weighted by Crippen LogP contribution is 2.35. The summed E-state index contributed by atoms with van der Waals surface area (Å²) < 4.78 is 0. The van der Waals surface area contributed by atoms with Gasteiger partial charge < -0.3 is 15.3 Å². The third-order valence-electron chi connectivity index (χ3n) is 3.86. The third kappa shape index (κ3) is 3.93. The molecule has 2 atom stereocenters. The summed E-state index contributed by atoms with van der Waals surface area (Å²) in [6.45, 7) is 9.16. The van der Waals surface area contributed by atoms with Gasteiger partial charge in [-0.1, -0.05) is 20.8 Å². The molecule has 2 unspecified atom stereocenters. The van der Waals surface area contributed by atoms with Crippen LogP contribution in [0.15, 0.2) is 0 Å². The molecule has 1 fully saturated rings. The van der Waals surface area contributed by atoms with Gasteiger partial charge in [0.25, 0.3) is 0 Å². The van der Waals surface area contributed by atoms with Crippen LogP contribution >= 0.6 is 0 Å². The Kier molecular flexibility index (Phi) is 5.35. The first kappa shape index (κ1) is 16.0. The van der Waals surface area contributed by atoms with E-state index in [0.717, 1.165) is 19.4 Å². The van der Waals surface area contributed by atoms with Crippen molar-refractivity contribution in [3.05, 3.63) is 0 Å². The minimum absolute atomic E-state index is 0.0615. The van der Waals surface area contributed by atoms with Gasteiger partial charge in [0.2, 0.25) is 5.91 Å².